The molecule has 1 aromatic heterocycles. The fourth-order valence-electron chi connectivity index (χ4n) is 4.99. The van der Waals surface area contributed by atoms with Crippen LogP contribution in [0.4, 0.5) is 5.69 Å². The molecular formula is C29H32N2O3. The van der Waals surface area contributed by atoms with Gasteiger partial charge in [0.2, 0.25) is 5.91 Å². The molecule has 1 fully saturated rings. The minimum Gasteiger partial charge on any atom is -0.481 e. The molecule has 2 N–H and O–H groups in total. The Hall–Kier alpha value is -3.47. The third kappa shape index (κ3) is 5.53. The van der Waals surface area contributed by atoms with Crippen LogP contribution in [0.25, 0.3) is 11.1 Å². The summed E-state index contributed by atoms with van der Waals surface area (Å²) < 4.78 is 0. The van der Waals surface area contributed by atoms with E-state index in [2.05, 4.69) is 40.6 Å². The van der Waals surface area contributed by atoms with Gasteiger partial charge in [-0.1, -0.05) is 55.3 Å². The van der Waals surface area contributed by atoms with E-state index in [0.717, 1.165) is 64.9 Å². The van der Waals surface area contributed by atoms with Crippen molar-refractivity contribution in [2.75, 3.05) is 5.32 Å². The number of nitrogens with zero attached hydrogens (tertiary/aromatic N) is 1. The first-order chi connectivity index (χ1) is 16.4. The molecule has 0 aliphatic heterocycles. The van der Waals surface area contributed by atoms with E-state index in [1.807, 2.05) is 44.3 Å². The summed E-state index contributed by atoms with van der Waals surface area (Å²) in [5.74, 6) is -0.702. The molecule has 0 bridgehead atoms. The highest BCUT2D eigenvalue weighted by atomic mass is 16.4. The Kier molecular flexibility index (Phi) is 7.41. The zero-order chi connectivity index (χ0) is 24.1. The Morgan fingerprint density at radius 2 is 1.71 bits per heavy atom. The molecule has 1 amide bonds. The summed E-state index contributed by atoms with van der Waals surface area (Å²) in [6, 6.07) is 18.1. The van der Waals surface area contributed by atoms with E-state index in [0.29, 0.717) is 12.3 Å². The van der Waals surface area contributed by atoms with Gasteiger partial charge < -0.3 is 10.4 Å². The van der Waals surface area contributed by atoms with E-state index in [1.54, 1.807) is 0 Å². The number of anilines is 1. The van der Waals surface area contributed by atoms with Crippen molar-refractivity contribution < 1.29 is 14.7 Å². The molecule has 1 heterocycles. The van der Waals surface area contributed by atoms with Gasteiger partial charge in [0.15, 0.2) is 0 Å². The topological polar surface area (TPSA) is 79.3 Å². The van der Waals surface area contributed by atoms with Crippen LogP contribution in [0.5, 0.6) is 0 Å². The molecule has 0 radical (unpaired) electrons. The molecule has 1 atom stereocenters. The number of nitrogens with one attached hydrogen (secondary N) is 1. The lowest BCUT2D eigenvalue weighted by atomic mass is 9.83. The lowest BCUT2D eigenvalue weighted by molar-refractivity contribution is -0.137. The first kappa shape index (κ1) is 23.7. The van der Waals surface area contributed by atoms with Gasteiger partial charge in [0.1, 0.15) is 0 Å². The number of hydrogen-bond acceptors (Lipinski definition) is 3. The molecule has 1 aliphatic carbocycles. The third-order valence-electron chi connectivity index (χ3n) is 6.98. The van der Waals surface area contributed by atoms with E-state index in [-0.39, 0.29) is 18.2 Å². The van der Waals surface area contributed by atoms with Crippen molar-refractivity contribution in [1.82, 2.24) is 4.98 Å². The van der Waals surface area contributed by atoms with Crippen LogP contribution in [-0.4, -0.2) is 22.0 Å². The van der Waals surface area contributed by atoms with E-state index < -0.39 is 5.97 Å². The molecule has 4 rings (SSSR count). The third-order valence-corrected chi connectivity index (χ3v) is 6.98. The quantitative estimate of drug-likeness (QED) is 0.417. The number of aromatic nitrogens is 1. The molecule has 5 nitrogen and oxygen atoms in total. The average molecular weight is 457 g/mol. The molecule has 3 aromatic rings. The summed E-state index contributed by atoms with van der Waals surface area (Å²) in [5, 5.41) is 12.2. The Balaban J connectivity index is 1.57. The lowest BCUT2D eigenvalue weighted by Gasteiger charge is -2.24. The fourth-order valence-corrected chi connectivity index (χ4v) is 4.99. The number of carbonyl (C=O) groups excluding carboxylic acids is 1. The van der Waals surface area contributed by atoms with Crippen LogP contribution in [-0.2, 0) is 16.0 Å². The fraction of sp³-hybridized carbons (Fsp3) is 0.345. The van der Waals surface area contributed by atoms with Gasteiger partial charge in [-0.15, -0.1) is 0 Å². The number of carboxylic acid groups (broad SMARTS) is 1. The maximum Gasteiger partial charge on any atom is 0.303 e. The lowest BCUT2D eigenvalue weighted by Crippen LogP contribution is -2.27. The summed E-state index contributed by atoms with van der Waals surface area (Å²) in [4.78, 5) is 29.0. The Bertz CT molecular complexity index is 1150. The number of carboxylic acids is 1. The number of benzene rings is 2. The highest BCUT2D eigenvalue weighted by molar-refractivity contribution is 5.97. The Morgan fingerprint density at radius 3 is 2.35 bits per heavy atom. The van der Waals surface area contributed by atoms with Crippen LogP contribution < -0.4 is 5.32 Å². The second kappa shape index (κ2) is 10.6. The number of rotatable bonds is 8. The molecule has 0 saturated heterocycles. The smallest absolute Gasteiger partial charge is 0.303 e. The van der Waals surface area contributed by atoms with Gasteiger partial charge in [-0.2, -0.15) is 0 Å². The molecule has 1 unspecified atom stereocenters. The number of amides is 1. The highest BCUT2D eigenvalue weighted by Crippen LogP contribution is 2.39. The van der Waals surface area contributed by atoms with Crippen LogP contribution in [0, 0.1) is 19.8 Å². The molecule has 1 saturated carbocycles. The van der Waals surface area contributed by atoms with Crippen molar-refractivity contribution in [2.24, 2.45) is 5.92 Å². The first-order valence-corrected chi connectivity index (χ1v) is 12.1. The first-order valence-electron chi connectivity index (χ1n) is 12.1. The van der Waals surface area contributed by atoms with Gasteiger partial charge in [0, 0.05) is 29.6 Å². The van der Waals surface area contributed by atoms with E-state index >= 15 is 0 Å². The monoisotopic (exact) mass is 456 g/mol. The zero-order valence-corrected chi connectivity index (χ0v) is 19.9. The molecule has 176 valence electrons. The Labute approximate surface area is 201 Å². The summed E-state index contributed by atoms with van der Waals surface area (Å²) >= 11 is 0. The van der Waals surface area contributed by atoms with E-state index in [9.17, 15) is 9.59 Å². The molecule has 0 spiro atoms. The predicted molar refractivity (Wildman–Crippen MR) is 135 cm³/mol. The number of aryl methyl sites for hydroxylation is 2. The number of aliphatic carboxylic acids is 1. The molecule has 1 aliphatic rings. The van der Waals surface area contributed by atoms with Crippen LogP contribution in [0.1, 0.15) is 60.4 Å². The zero-order valence-electron chi connectivity index (χ0n) is 19.9. The van der Waals surface area contributed by atoms with Crippen LogP contribution in [0.2, 0.25) is 0 Å². The normalized spacial score (nSPS) is 14.6. The average Bonchev–Trinajstić information content (AvgIpc) is 3.35. The molecule has 5 heteroatoms. The Morgan fingerprint density at radius 1 is 1.00 bits per heavy atom. The van der Waals surface area contributed by atoms with E-state index in [4.69, 9.17) is 5.11 Å². The summed E-state index contributed by atoms with van der Waals surface area (Å²) in [6.45, 7) is 3.92. The minimum atomic E-state index is -0.819. The molecule has 2 aromatic carbocycles. The minimum absolute atomic E-state index is 0.00939. The van der Waals surface area contributed by atoms with Crippen molar-refractivity contribution in [2.45, 2.75) is 58.3 Å². The van der Waals surface area contributed by atoms with Gasteiger partial charge in [0.25, 0.3) is 0 Å². The van der Waals surface area contributed by atoms with E-state index in [1.165, 1.54) is 0 Å². The second-order valence-electron chi connectivity index (χ2n) is 9.31. The maximum absolute atomic E-state index is 13.6. The summed E-state index contributed by atoms with van der Waals surface area (Å²) in [5.41, 5.74) is 6.82. The SMILES string of the molecule is Cc1ccc(-c2ccc(C(C(=O)Nc3cccc(CCC(=O)O)c3C)C3CCCC3)cc2)cn1. The van der Waals surface area contributed by atoms with Crippen LogP contribution >= 0.6 is 0 Å². The van der Waals surface area contributed by atoms with Crippen molar-refractivity contribution in [3.8, 4) is 11.1 Å². The second-order valence-corrected chi connectivity index (χ2v) is 9.31. The largest absolute Gasteiger partial charge is 0.481 e. The summed E-state index contributed by atoms with van der Waals surface area (Å²) in [6.07, 6.45) is 6.83. The van der Waals surface area contributed by atoms with Crippen molar-refractivity contribution in [3.05, 3.63) is 83.2 Å². The van der Waals surface area contributed by atoms with Crippen LogP contribution in [0.3, 0.4) is 0 Å². The number of hydrogen-bond donors (Lipinski definition) is 2. The van der Waals surface area contributed by atoms with Gasteiger partial charge in [-0.3, -0.25) is 14.6 Å². The van der Waals surface area contributed by atoms with Gasteiger partial charge in [0.05, 0.1) is 5.92 Å². The van der Waals surface area contributed by atoms with Gasteiger partial charge >= 0.3 is 5.97 Å². The predicted octanol–water partition coefficient (Wildman–Crippen LogP) is 6.30. The number of pyridine rings is 1. The standard InChI is InChI=1S/C29H32N2O3/c1-19-10-11-25(18-30-19)22-12-14-24(15-13-22)28(23-6-3-4-7-23)29(34)31-26-9-5-8-21(20(26)2)16-17-27(32)33/h5,8-15,18,23,28H,3-4,6-7,16-17H2,1-2H3,(H,31,34)(H,32,33). The molecular weight excluding hydrogens is 424 g/mol. The van der Waals surface area contributed by atoms with Gasteiger partial charge in [-0.25, -0.2) is 0 Å². The van der Waals surface area contributed by atoms with Crippen molar-refractivity contribution >= 4 is 17.6 Å². The van der Waals surface area contributed by atoms with Gasteiger partial charge in [-0.05, 0) is 73.4 Å². The highest BCUT2D eigenvalue weighted by Gasteiger charge is 2.32. The summed E-state index contributed by atoms with van der Waals surface area (Å²) in [7, 11) is 0. The van der Waals surface area contributed by atoms with Crippen molar-refractivity contribution in [1.29, 1.82) is 0 Å². The van der Waals surface area contributed by atoms with Crippen LogP contribution in [0.15, 0.2) is 60.8 Å². The molecule has 34 heavy (non-hydrogen) atoms. The van der Waals surface area contributed by atoms with Crippen molar-refractivity contribution in [3.63, 3.8) is 0 Å². The number of carbonyl (C=O) groups is 2. The maximum atomic E-state index is 13.6.